The van der Waals surface area contributed by atoms with Crippen molar-refractivity contribution in [2.45, 2.75) is 19.4 Å². The molecule has 1 unspecified atom stereocenters. The van der Waals surface area contributed by atoms with E-state index in [0.29, 0.717) is 13.0 Å². The smallest absolute Gasteiger partial charge is 0.283 e. The van der Waals surface area contributed by atoms with E-state index in [9.17, 15) is 14.9 Å². The van der Waals surface area contributed by atoms with Crippen LogP contribution in [0.2, 0.25) is 5.02 Å². The summed E-state index contributed by atoms with van der Waals surface area (Å²) in [6.45, 7) is 2.19. The summed E-state index contributed by atoms with van der Waals surface area (Å²) in [6.07, 6.45) is 0.604. The lowest BCUT2D eigenvalue weighted by atomic mass is 10.1. The first-order chi connectivity index (χ1) is 8.41. The van der Waals surface area contributed by atoms with Crippen LogP contribution < -0.4 is 11.1 Å². The molecule has 7 heteroatoms. The molecule has 0 aliphatic carbocycles. The van der Waals surface area contributed by atoms with Gasteiger partial charge in [-0.15, -0.1) is 0 Å². The first kappa shape index (κ1) is 14.4. The molecular formula is C11H14ClN3O3. The lowest BCUT2D eigenvalue weighted by molar-refractivity contribution is -0.385. The van der Waals surface area contributed by atoms with Gasteiger partial charge in [0.2, 0.25) is 0 Å². The topological polar surface area (TPSA) is 98.3 Å². The van der Waals surface area contributed by atoms with Gasteiger partial charge in [0.25, 0.3) is 11.6 Å². The summed E-state index contributed by atoms with van der Waals surface area (Å²) in [5.74, 6) is -0.501. The Balaban J connectivity index is 2.82. The van der Waals surface area contributed by atoms with Crippen LogP contribution in [0.4, 0.5) is 5.69 Å². The number of nitro benzene ring substituents is 1. The van der Waals surface area contributed by atoms with E-state index in [-0.39, 0.29) is 22.3 Å². The summed E-state index contributed by atoms with van der Waals surface area (Å²) >= 11 is 5.66. The molecule has 0 heterocycles. The lowest BCUT2D eigenvalue weighted by Crippen LogP contribution is -2.29. The quantitative estimate of drug-likeness (QED) is 0.629. The van der Waals surface area contributed by atoms with Gasteiger partial charge < -0.3 is 11.1 Å². The standard InChI is InChI=1S/C11H14ClN3O3/c1-7(13)4-5-14-11(16)9-3-2-8(12)6-10(9)15(17)18/h2-3,6-7H,4-5,13H2,1H3,(H,14,16). The van der Waals surface area contributed by atoms with Crippen LogP contribution >= 0.6 is 11.6 Å². The van der Waals surface area contributed by atoms with Gasteiger partial charge >= 0.3 is 0 Å². The van der Waals surface area contributed by atoms with E-state index >= 15 is 0 Å². The maximum absolute atomic E-state index is 11.8. The summed E-state index contributed by atoms with van der Waals surface area (Å²) in [5, 5.41) is 13.6. The Morgan fingerprint density at radius 2 is 2.28 bits per heavy atom. The summed E-state index contributed by atoms with van der Waals surface area (Å²) in [7, 11) is 0. The van der Waals surface area contributed by atoms with Crippen LogP contribution in [-0.4, -0.2) is 23.4 Å². The van der Waals surface area contributed by atoms with Crippen LogP contribution in [0.1, 0.15) is 23.7 Å². The molecule has 0 saturated carbocycles. The van der Waals surface area contributed by atoms with Gasteiger partial charge in [-0.25, -0.2) is 0 Å². The van der Waals surface area contributed by atoms with Crippen molar-refractivity contribution in [3.05, 3.63) is 38.9 Å². The second-order valence-electron chi connectivity index (χ2n) is 3.94. The van der Waals surface area contributed by atoms with Crippen molar-refractivity contribution < 1.29 is 9.72 Å². The summed E-state index contributed by atoms with van der Waals surface area (Å²) in [6, 6.07) is 3.89. The van der Waals surface area contributed by atoms with Crippen LogP contribution in [0.3, 0.4) is 0 Å². The molecular weight excluding hydrogens is 258 g/mol. The molecule has 6 nitrogen and oxygen atoms in total. The van der Waals surface area contributed by atoms with Gasteiger partial charge in [0.05, 0.1) is 4.92 Å². The number of hydrogen-bond donors (Lipinski definition) is 2. The molecule has 0 fully saturated rings. The molecule has 0 saturated heterocycles. The Morgan fingerprint density at radius 3 is 2.83 bits per heavy atom. The Hall–Kier alpha value is -1.66. The number of nitrogens with two attached hydrogens (primary N) is 1. The molecule has 1 rings (SSSR count). The van der Waals surface area contributed by atoms with Crippen molar-refractivity contribution in [1.29, 1.82) is 0 Å². The fourth-order valence-electron chi connectivity index (χ4n) is 1.36. The van der Waals surface area contributed by atoms with Crippen molar-refractivity contribution >= 4 is 23.2 Å². The lowest BCUT2D eigenvalue weighted by Gasteiger charge is -2.07. The number of hydrogen-bond acceptors (Lipinski definition) is 4. The average molecular weight is 272 g/mol. The first-order valence-electron chi connectivity index (χ1n) is 5.39. The monoisotopic (exact) mass is 271 g/mol. The normalized spacial score (nSPS) is 11.9. The fourth-order valence-corrected chi connectivity index (χ4v) is 1.52. The molecule has 1 atom stereocenters. The third kappa shape index (κ3) is 3.97. The molecule has 18 heavy (non-hydrogen) atoms. The third-order valence-corrected chi connectivity index (χ3v) is 2.52. The highest BCUT2D eigenvalue weighted by atomic mass is 35.5. The van der Waals surface area contributed by atoms with Gasteiger partial charge in [0.15, 0.2) is 0 Å². The van der Waals surface area contributed by atoms with Crippen molar-refractivity contribution in [2.24, 2.45) is 5.73 Å². The highest BCUT2D eigenvalue weighted by molar-refractivity contribution is 6.31. The number of carbonyl (C=O) groups is 1. The Bertz CT molecular complexity index is 463. The molecule has 98 valence electrons. The van der Waals surface area contributed by atoms with Crippen LogP contribution in [0, 0.1) is 10.1 Å². The number of rotatable bonds is 5. The van der Waals surface area contributed by atoms with Crippen LogP contribution in [0.25, 0.3) is 0 Å². The number of halogens is 1. The zero-order valence-electron chi connectivity index (χ0n) is 9.85. The maximum Gasteiger partial charge on any atom is 0.283 e. The first-order valence-corrected chi connectivity index (χ1v) is 5.77. The predicted octanol–water partition coefficient (Wildman–Crippen LogP) is 1.72. The number of amides is 1. The largest absolute Gasteiger partial charge is 0.352 e. The van der Waals surface area contributed by atoms with E-state index in [1.54, 1.807) is 0 Å². The molecule has 1 aromatic carbocycles. The minimum atomic E-state index is -0.633. The molecule has 1 aromatic rings. The summed E-state index contributed by atoms with van der Waals surface area (Å²) in [5.41, 5.74) is 5.23. The highest BCUT2D eigenvalue weighted by Crippen LogP contribution is 2.22. The number of nitrogens with one attached hydrogen (secondary N) is 1. The van der Waals surface area contributed by atoms with Crippen LogP contribution in [0.15, 0.2) is 18.2 Å². The van der Waals surface area contributed by atoms with Crippen LogP contribution in [-0.2, 0) is 0 Å². The number of carbonyl (C=O) groups excluding carboxylic acids is 1. The zero-order chi connectivity index (χ0) is 13.7. The Kier molecular flexibility index (Phi) is 5.06. The number of nitro groups is 1. The van der Waals surface area contributed by atoms with E-state index in [0.717, 1.165) is 6.07 Å². The summed E-state index contributed by atoms with van der Waals surface area (Å²) < 4.78 is 0. The second-order valence-corrected chi connectivity index (χ2v) is 4.38. The highest BCUT2D eigenvalue weighted by Gasteiger charge is 2.20. The van der Waals surface area contributed by atoms with E-state index in [1.807, 2.05) is 6.92 Å². The molecule has 0 radical (unpaired) electrons. The fraction of sp³-hybridized carbons (Fsp3) is 0.364. The zero-order valence-corrected chi connectivity index (χ0v) is 10.6. The second kappa shape index (κ2) is 6.32. The third-order valence-electron chi connectivity index (χ3n) is 2.29. The summed E-state index contributed by atoms with van der Waals surface area (Å²) in [4.78, 5) is 21.9. The molecule has 0 spiro atoms. The maximum atomic E-state index is 11.8. The molecule has 0 aliphatic rings. The van der Waals surface area contributed by atoms with Gasteiger partial charge in [-0.05, 0) is 25.5 Å². The van der Waals surface area contributed by atoms with Crippen molar-refractivity contribution in [2.75, 3.05) is 6.54 Å². The van der Waals surface area contributed by atoms with Crippen molar-refractivity contribution in [3.8, 4) is 0 Å². The van der Waals surface area contributed by atoms with E-state index in [4.69, 9.17) is 17.3 Å². The van der Waals surface area contributed by atoms with Gasteiger partial charge in [-0.3, -0.25) is 14.9 Å². The van der Waals surface area contributed by atoms with E-state index in [1.165, 1.54) is 12.1 Å². The molecule has 3 N–H and O–H groups in total. The minimum absolute atomic E-state index is 0.00549. The number of nitrogens with zero attached hydrogens (tertiary/aromatic N) is 1. The van der Waals surface area contributed by atoms with E-state index in [2.05, 4.69) is 5.32 Å². The van der Waals surface area contributed by atoms with Crippen LogP contribution in [0.5, 0.6) is 0 Å². The van der Waals surface area contributed by atoms with Gasteiger partial charge in [0.1, 0.15) is 5.56 Å². The SMILES string of the molecule is CC(N)CCNC(=O)c1ccc(Cl)cc1[N+](=O)[O-]. The Morgan fingerprint density at radius 1 is 1.61 bits per heavy atom. The molecule has 0 aromatic heterocycles. The Labute approximate surface area is 109 Å². The van der Waals surface area contributed by atoms with Gasteiger partial charge in [0, 0.05) is 23.7 Å². The van der Waals surface area contributed by atoms with Crippen molar-refractivity contribution in [3.63, 3.8) is 0 Å². The molecule has 1 amide bonds. The average Bonchev–Trinajstić information content (AvgIpc) is 2.28. The van der Waals surface area contributed by atoms with Gasteiger partial charge in [-0.2, -0.15) is 0 Å². The number of benzene rings is 1. The minimum Gasteiger partial charge on any atom is -0.352 e. The van der Waals surface area contributed by atoms with E-state index < -0.39 is 10.8 Å². The van der Waals surface area contributed by atoms with Crippen molar-refractivity contribution in [1.82, 2.24) is 5.32 Å². The molecule has 0 aliphatic heterocycles. The van der Waals surface area contributed by atoms with Gasteiger partial charge in [-0.1, -0.05) is 11.6 Å². The predicted molar refractivity (Wildman–Crippen MR) is 68.7 cm³/mol. The molecule has 0 bridgehead atoms.